The van der Waals surface area contributed by atoms with E-state index >= 15 is 0 Å². The maximum Gasteiger partial charge on any atom is 0.247 e. The Morgan fingerprint density at radius 1 is 1.18 bits per heavy atom. The summed E-state index contributed by atoms with van der Waals surface area (Å²) in [5.41, 5.74) is 2.42. The van der Waals surface area contributed by atoms with Gasteiger partial charge >= 0.3 is 0 Å². The zero-order valence-corrected chi connectivity index (χ0v) is 10.2. The minimum absolute atomic E-state index is 0.691. The Hall–Kier alpha value is -1.97. The van der Waals surface area contributed by atoms with Crippen LogP contribution in [0.25, 0.3) is 10.9 Å². The lowest BCUT2D eigenvalue weighted by Crippen LogP contribution is -2.28. The van der Waals surface area contributed by atoms with Gasteiger partial charge in [0.25, 0.3) is 0 Å². The molecule has 0 saturated heterocycles. The molecule has 4 heteroatoms. The van der Waals surface area contributed by atoms with Crippen LogP contribution in [-0.2, 0) is 0 Å². The van der Waals surface area contributed by atoms with Gasteiger partial charge in [-0.25, -0.2) is 0 Å². The van der Waals surface area contributed by atoms with Crippen molar-refractivity contribution in [2.45, 2.75) is 13.8 Å². The largest absolute Gasteiger partial charge is 0.618 e. The molecule has 0 fully saturated rings. The average Bonchev–Trinajstić information content (AvgIpc) is 2.29. The minimum Gasteiger partial charge on any atom is -0.618 e. The van der Waals surface area contributed by atoms with Crippen LogP contribution in [0.3, 0.4) is 0 Å². The standard InChI is InChI=1S/C13H17N3O/c1-3-14-11-8-10-6-5-7-12(15-4-2)13(10)16(17)9-11/h5-9,14-15H,3-4H2,1-2H3. The maximum absolute atomic E-state index is 12.0. The van der Waals surface area contributed by atoms with Crippen LogP contribution in [0, 0.1) is 5.21 Å². The monoisotopic (exact) mass is 231 g/mol. The molecule has 1 aromatic carbocycles. The van der Waals surface area contributed by atoms with Crippen LogP contribution in [-0.4, -0.2) is 13.1 Å². The number of nitrogens with one attached hydrogen (secondary N) is 2. The number of aromatic nitrogens is 1. The molecule has 0 aliphatic heterocycles. The van der Waals surface area contributed by atoms with Crippen molar-refractivity contribution in [2.75, 3.05) is 23.7 Å². The molecule has 90 valence electrons. The third-order valence-electron chi connectivity index (χ3n) is 2.60. The van der Waals surface area contributed by atoms with Crippen molar-refractivity contribution in [2.24, 2.45) is 0 Å². The topological polar surface area (TPSA) is 51.0 Å². The van der Waals surface area contributed by atoms with Gasteiger partial charge in [-0.05, 0) is 32.0 Å². The minimum atomic E-state index is 0.691. The summed E-state index contributed by atoms with van der Waals surface area (Å²) in [5, 5.41) is 19.3. The Morgan fingerprint density at radius 2 is 1.94 bits per heavy atom. The van der Waals surface area contributed by atoms with Gasteiger partial charge in [0, 0.05) is 13.1 Å². The highest BCUT2D eigenvalue weighted by atomic mass is 16.5. The number of pyridine rings is 1. The predicted molar refractivity (Wildman–Crippen MR) is 71.2 cm³/mol. The molecule has 0 aliphatic carbocycles. The third kappa shape index (κ3) is 2.25. The summed E-state index contributed by atoms with van der Waals surface area (Å²) in [6.45, 7) is 5.63. The van der Waals surface area contributed by atoms with Gasteiger partial charge in [-0.1, -0.05) is 6.07 Å². The number of rotatable bonds is 4. The van der Waals surface area contributed by atoms with Crippen molar-refractivity contribution in [3.8, 4) is 0 Å². The average molecular weight is 231 g/mol. The second-order valence-electron chi connectivity index (χ2n) is 3.86. The molecular weight excluding hydrogens is 214 g/mol. The molecule has 4 nitrogen and oxygen atoms in total. The fourth-order valence-electron chi connectivity index (χ4n) is 1.95. The summed E-state index contributed by atoms with van der Waals surface area (Å²) in [5.74, 6) is 0. The lowest BCUT2D eigenvalue weighted by atomic mass is 10.1. The normalized spacial score (nSPS) is 10.5. The second kappa shape index (κ2) is 4.91. The molecular formula is C13H17N3O. The molecule has 2 aromatic rings. The first-order chi connectivity index (χ1) is 8.26. The van der Waals surface area contributed by atoms with E-state index in [9.17, 15) is 5.21 Å². The molecule has 0 amide bonds. The number of hydrogen-bond acceptors (Lipinski definition) is 3. The fraction of sp³-hybridized carbons (Fsp3) is 0.308. The van der Waals surface area contributed by atoms with Crippen LogP contribution in [0.4, 0.5) is 11.4 Å². The molecule has 0 radical (unpaired) electrons. The van der Waals surface area contributed by atoms with Crippen LogP contribution >= 0.6 is 0 Å². The van der Waals surface area contributed by atoms with E-state index in [-0.39, 0.29) is 0 Å². The van der Waals surface area contributed by atoms with Crippen molar-refractivity contribution >= 4 is 22.3 Å². The van der Waals surface area contributed by atoms with E-state index in [0.717, 1.165) is 34.6 Å². The first kappa shape index (κ1) is 11.5. The van der Waals surface area contributed by atoms with Gasteiger partial charge in [0.1, 0.15) is 11.4 Å². The van der Waals surface area contributed by atoms with E-state index < -0.39 is 0 Å². The summed E-state index contributed by atoms with van der Waals surface area (Å²) in [4.78, 5) is 0. The molecule has 17 heavy (non-hydrogen) atoms. The number of para-hydroxylation sites is 1. The van der Waals surface area contributed by atoms with Gasteiger partial charge in [0.2, 0.25) is 11.7 Å². The number of hydrogen-bond donors (Lipinski definition) is 2. The Balaban J connectivity index is 2.58. The third-order valence-corrected chi connectivity index (χ3v) is 2.60. The van der Waals surface area contributed by atoms with Gasteiger partial charge in [0.15, 0.2) is 0 Å². The zero-order valence-electron chi connectivity index (χ0n) is 10.2. The summed E-state index contributed by atoms with van der Waals surface area (Å²) >= 11 is 0. The number of fused-ring (bicyclic) bond motifs is 1. The molecule has 1 aromatic heterocycles. The van der Waals surface area contributed by atoms with E-state index in [0.29, 0.717) is 5.52 Å². The fourth-order valence-corrected chi connectivity index (χ4v) is 1.95. The van der Waals surface area contributed by atoms with Crippen LogP contribution < -0.4 is 15.4 Å². The predicted octanol–water partition coefficient (Wildman–Crippen LogP) is 2.34. The second-order valence-corrected chi connectivity index (χ2v) is 3.86. The molecule has 2 rings (SSSR count). The summed E-state index contributed by atoms with van der Waals surface area (Å²) in [6, 6.07) is 7.82. The highest BCUT2D eigenvalue weighted by Gasteiger charge is 2.11. The van der Waals surface area contributed by atoms with Crippen molar-refractivity contribution in [1.82, 2.24) is 0 Å². The maximum atomic E-state index is 12.0. The van der Waals surface area contributed by atoms with E-state index in [1.807, 2.05) is 38.1 Å². The van der Waals surface area contributed by atoms with E-state index in [1.54, 1.807) is 6.20 Å². The van der Waals surface area contributed by atoms with Gasteiger partial charge in [0.05, 0.1) is 5.39 Å². The van der Waals surface area contributed by atoms with Crippen LogP contribution in [0.1, 0.15) is 13.8 Å². The lowest BCUT2D eigenvalue weighted by molar-refractivity contribution is -0.575. The first-order valence-corrected chi connectivity index (χ1v) is 5.90. The Labute approximate surface area is 101 Å². The molecule has 0 bridgehead atoms. The number of anilines is 2. The quantitative estimate of drug-likeness (QED) is 0.627. The van der Waals surface area contributed by atoms with Crippen LogP contribution in [0.15, 0.2) is 30.5 Å². The lowest BCUT2D eigenvalue weighted by Gasteiger charge is -2.10. The van der Waals surface area contributed by atoms with E-state index in [4.69, 9.17) is 0 Å². The van der Waals surface area contributed by atoms with Crippen molar-refractivity contribution in [1.29, 1.82) is 0 Å². The van der Waals surface area contributed by atoms with Crippen molar-refractivity contribution in [3.05, 3.63) is 35.7 Å². The van der Waals surface area contributed by atoms with Gasteiger partial charge < -0.3 is 15.8 Å². The van der Waals surface area contributed by atoms with Gasteiger partial charge in [-0.3, -0.25) is 0 Å². The summed E-state index contributed by atoms with van der Waals surface area (Å²) in [6.07, 6.45) is 1.58. The van der Waals surface area contributed by atoms with Crippen LogP contribution in [0.2, 0.25) is 0 Å². The molecule has 0 aliphatic rings. The summed E-state index contributed by atoms with van der Waals surface area (Å²) in [7, 11) is 0. The highest BCUT2D eigenvalue weighted by Crippen LogP contribution is 2.22. The molecule has 0 atom stereocenters. The van der Waals surface area contributed by atoms with Crippen molar-refractivity contribution < 1.29 is 4.73 Å². The van der Waals surface area contributed by atoms with E-state index in [2.05, 4.69) is 10.6 Å². The molecule has 0 spiro atoms. The first-order valence-electron chi connectivity index (χ1n) is 5.90. The van der Waals surface area contributed by atoms with Gasteiger partial charge in [-0.15, -0.1) is 0 Å². The highest BCUT2D eigenvalue weighted by molar-refractivity contribution is 5.89. The van der Waals surface area contributed by atoms with Crippen molar-refractivity contribution in [3.63, 3.8) is 0 Å². The molecule has 0 saturated carbocycles. The number of benzene rings is 1. The smallest absolute Gasteiger partial charge is 0.247 e. The molecule has 0 unspecified atom stereocenters. The SMILES string of the molecule is CCNc1cc2cccc(NCC)c2[n+]([O-])c1. The molecule has 2 N–H and O–H groups in total. The number of nitrogens with zero attached hydrogens (tertiary/aromatic N) is 1. The van der Waals surface area contributed by atoms with E-state index in [1.165, 1.54) is 0 Å². The molecule has 1 heterocycles. The zero-order chi connectivity index (χ0) is 12.3. The van der Waals surface area contributed by atoms with Crippen LogP contribution in [0.5, 0.6) is 0 Å². The van der Waals surface area contributed by atoms with Gasteiger partial charge in [-0.2, -0.15) is 4.73 Å². The Morgan fingerprint density at radius 3 is 2.65 bits per heavy atom. The summed E-state index contributed by atoms with van der Waals surface area (Å²) < 4.78 is 0.922. The Kier molecular flexibility index (Phi) is 3.32. The Bertz CT molecular complexity index is 525.